The van der Waals surface area contributed by atoms with E-state index in [4.69, 9.17) is 38.6 Å². The zero-order valence-corrected chi connectivity index (χ0v) is 90.9. The minimum Gasteiger partial charge on any atom is -0.508 e. The molecule has 49 nitrogen and oxygen atoms in total. The van der Waals surface area contributed by atoms with Crippen molar-refractivity contribution in [3.05, 3.63) is 132 Å². The molecule has 838 valence electrons. The number of phenolic OH excluding ortho intramolecular Hbond substituents is 1. The summed E-state index contributed by atoms with van der Waals surface area (Å²) in [6.45, 7) is 59.4. The van der Waals surface area contributed by atoms with E-state index in [1.165, 1.54) is 43.2 Å². The number of anilines is 3. The molecule has 8 aromatic rings. The zero-order chi connectivity index (χ0) is 114. The Balaban J connectivity index is 0.000000597. The molecule has 8 amide bonds. The van der Waals surface area contributed by atoms with Crippen LogP contribution in [0.25, 0.3) is 33.5 Å². The molecule has 0 spiro atoms. The number of aromatic hydroxyl groups is 1. The number of carboxylic acids is 5. The van der Waals surface area contributed by atoms with Crippen molar-refractivity contribution in [3.8, 4) is 5.75 Å². The number of aromatic amines is 3. The highest BCUT2D eigenvalue weighted by Crippen LogP contribution is 2.31. The second kappa shape index (κ2) is 68.2. The van der Waals surface area contributed by atoms with Crippen molar-refractivity contribution in [3.63, 3.8) is 0 Å². The Morgan fingerprint density at radius 2 is 0.933 bits per heavy atom. The van der Waals surface area contributed by atoms with E-state index in [2.05, 4.69) is 203 Å². The number of hydrogen-bond donors (Lipinski definition) is 23. The third-order valence-corrected chi connectivity index (χ3v) is 20.8. The highest BCUT2D eigenvalue weighted by atomic mass is 16.5. The summed E-state index contributed by atoms with van der Waals surface area (Å²) < 4.78 is 34.7. The van der Waals surface area contributed by atoms with E-state index >= 15 is 0 Å². The molecule has 1 aliphatic heterocycles. The van der Waals surface area contributed by atoms with Gasteiger partial charge in [0.15, 0.2) is 58.4 Å². The molecule has 7 heterocycles. The van der Waals surface area contributed by atoms with E-state index < -0.39 is 115 Å². The number of urea groups is 3. The van der Waals surface area contributed by atoms with E-state index in [0.717, 1.165) is 55.6 Å². The van der Waals surface area contributed by atoms with Gasteiger partial charge >= 0.3 is 53.6 Å². The Bertz CT molecular complexity index is 5470. The summed E-state index contributed by atoms with van der Waals surface area (Å²) in [7, 11) is 0. The molecule has 0 radical (unpaired) electrons. The Morgan fingerprint density at radius 3 is 1.37 bits per heavy atom. The van der Waals surface area contributed by atoms with Gasteiger partial charge in [0, 0.05) is 56.0 Å². The fourth-order valence-corrected chi connectivity index (χ4v) is 13.2. The number of hydrogen-bond acceptors (Lipinski definition) is 32. The molecule has 0 bridgehead atoms. The van der Waals surface area contributed by atoms with Crippen LogP contribution in [0.3, 0.4) is 0 Å². The van der Waals surface area contributed by atoms with Crippen molar-refractivity contribution in [2.75, 3.05) is 55.3 Å². The number of rotatable bonds is 46. The number of benzene rings is 2. The van der Waals surface area contributed by atoms with Crippen LogP contribution in [0, 0.1) is 16.7 Å². The number of aromatic nitrogens is 12. The third kappa shape index (κ3) is 52.6. The first kappa shape index (κ1) is 133. The van der Waals surface area contributed by atoms with E-state index in [-0.39, 0.29) is 131 Å². The van der Waals surface area contributed by atoms with Gasteiger partial charge in [0.05, 0.1) is 93.4 Å². The Hall–Kier alpha value is -13.5. The highest BCUT2D eigenvalue weighted by molar-refractivity contribution is 5.99. The number of ether oxygens (including phenoxy) is 6. The van der Waals surface area contributed by atoms with Gasteiger partial charge in [0.1, 0.15) is 59.7 Å². The number of H-pyrrole nitrogens is 3. The van der Waals surface area contributed by atoms with Crippen LogP contribution in [-0.2, 0) is 62.0 Å². The number of imidazole rings is 3. The van der Waals surface area contributed by atoms with Crippen molar-refractivity contribution in [2.45, 2.75) is 334 Å². The van der Waals surface area contributed by atoms with E-state index in [1.807, 2.05) is 77.1 Å². The van der Waals surface area contributed by atoms with Crippen molar-refractivity contribution in [1.82, 2.24) is 102 Å². The minimum atomic E-state index is -1.45. The molecule has 6 aromatic heterocycles. The smallest absolute Gasteiger partial charge is 0.348 e. The van der Waals surface area contributed by atoms with Crippen LogP contribution in [-0.4, -0.2) is 296 Å². The van der Waals surface area contributed by atoms with Crippen molar-refractivity contribution in [2.24, 2.45) is 16.7 Å². The zero-order valence-electron chi connectivity index (χ0n) is 90.9. The molecule has 1 aliphatic rings. The third-order valence-electron chi connectivity index (χ3n) is 20.8. The number of nitrogens with one attached hydrogen (secondary N) is 14. The van der Waals surface area contributed by atoms with Gasteiger partial charge in [-0.15, -0.1) is 0 Å². The van der Waals surface area contributed by atoms with Gasteiger partial charge in [-0.25, -0.2) is 68.4 Å². The number of carbonyl (C=O) groups is 10. The molecule has 2 aromatic carbocycles. The standard InChI is InChI=1S/C18H26N6O8.C16H23NO4.C16H23NO3.C13H18N6O5.C13H18N6O4.C10H21NO.C9H19NO.C6H15N/c1-7(2)32-8(3)10(17(28)29)22-18(30)23-14-11-15(20-5-19-14)24(6-21-11)16-13(27)12(26)9(25)4-31-16;1-11(2)21-15(13-5-7-14(18)8-6-13)10-17-12(3)4-9-16(19)20;1-12(2)20-15(14-7-5-4-6-8-14)11-17-13(3)9-10-16(18)19;1-5(2)24-6(3)7(11(20)21)16-12(22)18-10-8-9(15-4-14-8)17-13(23)19-10;1-6(2)23-7(3)8(12(20)21)18-13(22)19-11-9-10(15-4-14-9)16-5-17-11;1-6-7-11-9(12)8(2)10(3,4)5;1-5-6-10-8(11)7-9(2,3)4;1-4-5-7-6(2)3/h5-10,12-13,16,25-27H,4H2,1-3H3,(H,28,29)(H2,19,20,22,23,30);5-8,11,15,17-18H,3-4,9-10H2,1-2H3,(H,19,20);4-8,12,15,17H,3,9-11H2,1-2H3,(H,18,19);4-7H,1-3H3,(H,20,21)(H4,14,15,16,17,18,19,22,23);4-8H,1-3H3,(H,20,21)(H3,14,15,16,17,18,19,22);8H,6-7H2,1-5H3,(H,11,12);5-7H2,1-4H3,(H,10,11);6-7H,4-5H2,1-3H3/t8-,9-,10?,12+,13?,16-;2*15-;6-,7?;7-,8?;;;/m10011.../s1. The first-order chi connectivity index (χ1) is 70.2. The summed E-state index contributed by atoms with van der Waals surface area (Å²) in [6.07, 6.45) is 3.07. The summed E-state index contributed by atoms with van der Waals surface area (Å²) in [5, 5.41) is 114. The summed E-state index contributed by atoms with van der Waals surface area (Å²) in [6, 6.07) is 11.3. The van der Waals surface area contributed by atoms with Gasteiger partial charge in [-0.2, -0.15) is 4.98 Å². The highest BCUT2D eigenvalue weighted by Gasteiger charge is 2.40. The number of aliphatic hydroxyl groups excluding tert-OH is 3. The number of nitrogens with zero attached hydrogens (tertiary/aromatic N) is 9. The van der Waals surface area contributed by atoms with E-state index in [1.54, 1.807) is 67.5 Å². The van der Waals surface area contributed by atoms with Gasteiger partial charge in [0.2, 0.25) is 11.8 Å². The van der Waals surface area contributed by atoms with E-state index in [9.17, 15) is 88.5 Å². The molecular formula is C101H163N23O26. The molecule has 1 fully saturated rings. The number of fused-ring (bicyclic) bond motifs is 3. The first-order valence-electron chi connectivity index (χ1n) is 49.7. The Kier molecular flexibility index (Phi) is 60.3. The molecule has 5 unspecified atom stereocenters. The fraction of sp³-hybridized carbons (Fsp3) is 0.594. The molecule has 23 N–H and O–H groups in total. The maximum atomic E-state index is 12.4. The SMILES string of the molecule is C=C(CCC(=O)O)NC[C@H](OC(C)C)c1ccc(O)cc1.C=C(CCC(=O)O)NC[C@H](OC(C)C)c1ccccc1.CC(C)O[C@H](C)C(NC(=O)Nc1[nH]c(=O)nc2nc[nH]c12)C(=O)O.CC(C)O[C@H](C)C(NC(=O)Nc1ncnc2c1ncn2[C@@H]1OC[C@@H](O)[C@H](O)C1O)C(=O)O.CC(C)O[C@H](C)C(NC(=O)Nc1ncnc2nc[nH]c12)C(=O)O.CCCNC(=O)C(C)C(C)(C)C.CCCNC(=O)CC(C)(C)C.CCCNC(C)C. The van der Waals surface area contributed by atoms with Crippen molar-refractivity contribution >= 4 is 111 Å². The number of aliphatic carboxylic acids is 5. The lowest BCUT2D eigenvalue weighted by Gasteiger charge is -2.35. The molecular weight excluding hydrogens is 1950 g/mol. The summed E-state index contributed by atoms with van der Waals surface area (Å²) in [4.78, 5) is 165. The Labute approximate surface area is 875 Å². The van der Waals surface area contributed by atoms with Gasteiger partial charge < -0.3 is 127 Å². The van der Waals surface area contributed by atoms with Gasteiger partial charge in [-0.1, -0.05) is 139 Å². The van der Waals surface area contributed by atoms with Crippen molar-refractivity contribution < 1.29 is 122 Å². The lowest BCUT2D eigenvalue weighted by atomic mass is 9.81. The number of carboxylic acid groups (broad SMARTS) is 5. The largest absolute Gasteiger partial charge is 0.508 e. The number of phenols is 1. The predicted octanol–water partition coefficient (Wildman–Crippen LogP) is 11.1. The van der Waals surface area contributed by atoms with Gasteiger partial charge in [-0.3, -0.25) is 44.7 Å². The van der Waals surface area contributed by atoms with Crippen LogP contribution in [0.2, 0.25) is 0 Å². The summed E-state index contributed by atoms with van der Waals surface area (Å²) in [5.74, 6) is -4.51. The average Bonchev–Trinajstić information content (AvgIpc) is 1.64. The predicted molar refractivity (Wildman–Crippen MR) is 566 cm³/mol. The summed E-state index contributed by atoms with van der Waals surface area (Å²) in [5.41, 5.74) is 4.50. The normalized spacial score (nSPS) is 15.5. The van der Waals surface area contributed by atoms with Gasteiger partial charge in [0.25, 0.3) is 0 Å². The quantitative estimate of drug-likeness (QED) is 0.0168. The van der Waals surface area contributed by atoms with Crippen LogP contribution in [0.4, 0.5) is 31.8 Å². The second-order valence-corrected chi connectivity index (χ2v) is 38.8. The van der Waals surface area contributed by atoms with E-state index in [0.29, 0.717) is 60.8 Å². The summed E-state index contributed by atoms with van der Waals surface area (Å²) >= 11 is 0. The molecule has 0 aliphatic carbocycles. The molecule has 0 saturated carbocycles. The minimum absolute atomic E-state index is 0.0151. The topological polar surface area (TPSA) is 713 Å². The van der Waals surface area contributed by atoms with Crippen molar-refractivity contribution in [1.29, 1.82) is 0 Å². The van der Waals surface area contributed by atoms with Gasteiger partial charge in [-0.05, 0) is 163 Å². The number of amides is 8. The number of carbonyl (C=O) groups excluding carboxylic acids is 5. The van der Waals surface area contributed by atoms with Crippen LogP contribution < -0.4 is 64.2 Å². The fourth-order valence-electron chi connectivity index (χ4n) is 13.2. The maximum Gasteiger partial charge on any atom is 0.348 e. The lowest BCUT2D eigenvalue weighted by molar-refractivity contribution is -0.210. The first-order valence-corrected chi connectivity index (χ1v) is 49.7. The van der Waals surface area contributed by atoms with Crippen LogP contribution in [0.5, 0.6) is 5.75 Å². The lowest BCUT2D eigenvalue weighted by Crippen LogP contribution is -2.50. The molecule has 49 heteroatoms. The monoisotopic (exact) mass is 2110 g/mol. The number of allylic oxidation sites excluding steroid dienone is 2. The van der Waals surface area contributed by atoms with Crippen LogP contribution >= 0.6 is 0 Å². The molecule has 9 rings (SSSR count). The molecule has 1 saturated heterocycles. The second-order valence-electron chi connectivity index (χ2n) is 38.8. The maximum absolute atomic E-state index is 12.4. The molecule has 150 heavy (non-hydrogen) atoms. The average molecular weight is 2120 g/mol. The number of aliphatic hydroxyl groups is 3. The molecule has 13 atom stereocenters. The Morgan fingerprint density at radius 1 is 0.500 bits per heavy atom. The van der Waals surface area contributed by atoms with Crippen LogP contribution in [0.15, 0.2) is 116 Å². The van der Waals surface area contributed by atoms with Crippen LogP contribution in [0.1, 0.15) is 254 Å².